The maximum absolute atomic E-state index is 4.80. The van der Waals surface area contributed by atoms with E-state index in [0.717, 1.165) is 30.7 Å². The number of hydrogen-bond donors (Lipinski definition) is 1. The Morgan fingerprint density at radius 3 is 3.06 bits per heavy atom. The monoisotopic (exact) mass is 230 g/mol. The van der Waals surface area contributed by atoms with Crippen molar-refractivity contribution in [3.8, 4) is 0 Å². The molecule has 1 aliphatic heterocycles. The van der Waals surface area contributed by atoms with Crippen molar-refractivity contribution >= 4 is 11.2 Å². The van der Waals surface area contributed by atoms with E-state index in [1.165, 1.54) is 12.2 Å². The average molecular weight is 230 g/mol. The predicted octanol–water partition coefficient (Wildman–Crippen LogP) is 1.61. The van der Waals surface area contributed by atoms with Crippen LogP contribution in [-0.4, -0.2) is 27.6 Å². The quantitative estimate of drug-likeness (QED) is 0.852. The fourth-order valence-corrected chi connectivity index (χ4v) is 2.89. The van der Waals surface area contributed by atoms with E-state index >= 15 is 0 Å². The van der Waals surface area contributed by atoms with Gasteiger partial charge in [-0.2, -0.15) is 0 Å². The number of nitrogens with zero attached hydrogens (tertiary/aromatic N) is 3. The Balaban J connectivity index is 2.19. The maximum atomic E-state index is 4.80. The van der Waals surface area contributed by atoms with Crippen LogP contribution in [0.15, 0.2) is 18.3 Å². The second-order valence-electron chi connectivity index (χ2n) is 4.90. The Labute approximate surface area is 101 Å². The lowest BCUT2D eigenvalue weighted by Gasteiger charge is -2.25. The molecule has 0 spiro atoms. The molecule has 1 saturated heterocycles. The standard InChI is InChI=1S/C13H18N4/c1-3-13(6-8-14-9-13)12-16-10-5-4-7-15-11(10)17(12)2/h4-5,7,14H,3,6,8-9H2,1-2H3. The van der Waals surface area contributed by atoms with E-state index in [-0.39, 0.29) is 5.41 Å². The second kappa shape index (κ2) is 3.81. The molecule has 17 heavy (non-hydrogen) atoms. The molecule has 2 aromatic heterocycles. The Hall–Kier alpha value is -1.42. The Kier molecular flexibility index (Phi) is 2.40. The number of aryl methyl sites for hydroxylation is 1. The molecule has 0 bridgehead atoms. The van der Waals surface area contributed by atoms with E-state index in [9.17, 15) is 0 Å². The third kappa shape index (κ3) is 1.47. The first-order chi connectivity index (χ1) is 8.27. The fraction of sp³-hybridized carbons (Fsp3) is 0.538. The summed E-state index contributed by atoms with van der Waals surface area (Å²) in [6, 6.07) is 3.99. The minimum absolute atomic E-state index is 0.190. The van der Waals surface area contributed by atoms with Crippen molar-refractivity contribution in [1.82, 2.24) is 19.9 Å². The van der Waals surface area contributed by atoms with Gasteiger partial charge in [-0.1, -0.05) is 6.92 Å². The number of rotatable bonds is 2. The Bertz CT molecular complexity index is 537. The van der Waals surface area contributed by atoms with Crippen molar-refractivity contribution in [2.75, 3.05) is 13.1 Å². The van der Waals surface area contributed by atoms with Crippen molar-refractivity contribution in [3.05, 3.63) is 24.2 Å². The zero-order valence-corrected chi connectivity index (χ0v) is 10.4. The minimum atomic E-state index is 0.190. The molecule has 1 unspecified atom stereocenters. The molecule has 4 heteroatoms. The van der Waals surface area contributed by atoms with Gasteiger partial charge < -0.3 is 9.88 Å². The summed E-state index contributed by atoms with van der Waals surface area (Å²) < 4.78 is 2.16. The lowest BCUT2D eigenvalue weighted by atomic mass is 9.83. The van der Waals surface area contributed by atoms with Crippen LogP contribution in [0.2, 0.25) is 0 Å². The van der Waals surface area contributed by atoms with Gasteiger partial charge in [-0.05, 0) is 31.5 Å². The summed E-state index contributed by atoms with van der Waals surface area (Å²) in [5.41, 5.74) is 2.18. The van der Waals surface area contributed by atoms with Crippen molar-refractivity contribution in [1.29, 1.82) is 0 Å². The van der Waals surface area contributed by atoms with Crippen LogP contribution in [0.25, 0.3) is 11.2 Å². The number of hydrogen-bond acceptors (Lipinski definition) is 3. The number of pyridine rings is 1. The molecular formula is C13H18N4. The third-order valence-electron chi connectivity index (χ3n) is 4.02. The van der Waals surface area contributed by atoms with Gasteiger partial charge >= 0.3 is 0 Å². The highest BCUT2D eigenvalue weighted by Gasteiger charge is 2.38. The van der Waals surface area contributed by atoms with Crippen LogP contribution < -0.4 is 5.32 Å². The largest absolute Gasteiger partial charge is 0.316 e. The summed E-state index contributed by atoms with van der Waals surface area (Å²) in [5.74, 6) is 1.18. The molecule has 0 radical (unpaired) electrons. The van der Waals surface area contributed by atoms with E-state index in [1.807, 2.05) is 18.3 Å². The van der Waals surface area contributed by atoms with Gasteiger partial charge in [0.15, 0.2) is 5.65 Å². The topological polar surface area (TPSA) is 42.7 Å². The summed E-state index contributed by atoms with van der Waals surface area (Å²) >= 11 is 0. The first-order valence-corrected chi connectivity index (χ1v) is 6.25. The van der Waals surface area contributed by atoms with Crippen LogP contribution in [0.3, 0.4) is 0 Å². The van der Waals surface area contributed by atoms with Gasteiger partial charge in [0.2, 0.25) is 0 Å². The third-order valence-corrected chi connectivity index (χ3v) is 4.02. The van der Waals surface area contributed by atoms with Gasteiger partial charge in [0.25, 0.3) is 0 Å². The molecular weight excluding hydrogens is 212 g/mol. The van der Waals surface area contributed by atoms with Crippen LogP contribution >= 0.6 is 0 Å². The highest BCUT2D eigenvalue weighted by molar-refractivity contribution is 5.71. The summed E-state index contributed by atoms with van der Waals surface area (Å²) in [6.45, 7) is 4.37. The van der Waals surface area contributed by atoms with E-state index in [1.54, 1.807) is 0 Å². The number of nitrogens with one attached hydrogen (secondary N) is 1. The minimum Gasteiger partial charge on any atom is -0.316 e. The predicted molar refractivity (Wildman–Crippen MR) is 68.0 cm³/mol. The van der Waals surface area contributed by atoms with Crippen molar-refractivity contribution in [2.45, 2.75) is 25.2 Å². The SMILES string of the molecule is CCC1(c2nc3cccnc3n2C)CCNC1. The van der Waals surface area contributed by atoms with Gasteiger partial charge in [-0.3, -0.25) is 0 Å². The molecule has 1 N–H and O–H groups in total. The molecule has 0 amide bonds. The smallest absolute Gasteiger partial charge is 0.159 e. The molecule has 1 fully saturated rings. The van der Waals surface area contributed by atoms with Crippen LogP contribution in [0.4, 0.5) is 0 Å². The van der Waals surface area contributed by atoms with Gasteiger partial charge in [0, 0.05) is 25.2 Å². The molecule has 0 aromatic carbocycles. The molecule has 3 heterocycles. The molecule has 2 aromatic rings. The fourth-order valence-electron chi connectivity index (χ4n) is 2.89. The Morgan fingerprint density at radius 2 is 2.41 bits per heavy atom. The highest BCUT2D eigenvalue weighted by Crippen LogP contribution is 2.34. The normalized spacial score (nSPS) is 24.6. The maximum Gasteiger partial charge on any atom is 0.159 e. The van der Waals surface area contributed by atoms with E-state index in [4.69, 9.17) is 4.98 Å². The lowest BCUT2D eigenvalue weighted by molar-refractivity contribution is 0.415. The molecule has 0 aliphatic carbocycles. The van der Waals surface area contributed by atoms with Crippen molar-refractivity contribution in [2.24, 2.45) is 7.05 Å². The molecule has 3 rings (SSSR count). The molecule has 1 atom stereocenters. The van der Waals surface area contributed by atoms with Crippen LogP contribution in [-0.2, 0) is 12.5 Å². The van der Waals surface area contributed by atoms with Gasteiger partial charge in [-0.15, -0.1) is 0 Å². The molecule has 0 saturated carbocycles. The van der Waals surface area contributed by atoms with E-state index in [0.29, 0.717) is 0 Å². The van der Waals surface area contributed by atoms with Gasteiger partial charge in [0.1, 0.15) is 11.3 Å². The Morgan fingerprint density at radius 1 is 1.53 bits per heavy atom. The summed E-state index contributed by atoms with van der Waals surface area (Å²) in [5, 5.41) is 3.46. The zero-order valence-electron chi connectivity index (χ0n) is 10.4. The first-order valence-electron chi connectivity index (χ1n) is 6.25. The van der Waals surface area contributed by atoms with E-state index < -0.39 is 0 Å². The second-order valence-corrected chi connectivity index (χ2v) is 4.90. The average Bonchev–Trinajstić information content (AvgIpc) is 2.96. The first kappa shape index (κ1) is 10.7. The number of fused-ring (bicyclic) bond motifs is 1. The summed E-state index contributed by atoms with van der Waals surface area (Å²) in [4.78, 5) is 9.22. The van der Waals surface area contributed by atoms with Crippen LogP contribution in [0, 0.1) is 0 Å². The lowest BCUT2D eigenvalue weighted by Crippen LogP contribution is -2.31. The summed E-state index contributed by atoms with van der Waals surface area (Å²) in [6.07, 6.45) is 4.12. The van der Waals surface area contributed by atoms with E-state index in [2.05, 4.69) is 28.8 Å². The molecule has 1 aliphatic rings. The number of aromatic nitrogens is 3. The van der Waals surface area contributed by atoms with Gasteiger partial charge in [0.05, 0.1) is 0 Å². The van der Waals surface area contributed by atoms with Crippen LogP contribution in [0.1, 0.15) is 25.6 Å². The van der Waals surface area contributed by atoms with Crippen LogP contribution in [0.5, 0.6) is 0 Å². The van der Waals surface area contributed by atoms with Gasteiger partial charge in [-0.25, -0.2) is 9.97 Å². The highest BCUT2D eigenvalue weighted by atomic mass is 15.1. The number of imidazole rings is 1. The summed E-state index contributed by atoms with van der Waals surface area (Å²) in [7, 11) is 2.08. The zero-order chi connectivity index (χ0) is 11.9. The molecule has 90 valence electrons. The molecule has 4 nitrogen and oxygen atoms in total. The van der Waals surface area contributed by atoms with Crippen molar-refractivity contribution in [3.63, 3.8) is 0 Å². The van der Waals surface area contributed by atoms with Crippen molar-refractivity contribution < 1.29 is 0 Å².